The molecule has 2 heterocycles. The molecular weight excluding hydrogens is 572 g/mol. The van der Waals surface area contributed by atoms with Gasteiger partial charge < -0.3 is 34.4 Å². The minimum atomic E-state index is -4.66. The third kappa shape index (κ3) is 6.61. The number of piperazine rings is 1. The highest BCUT2D eigenvalue weighted by Crippen LogP contribution is 2.46. The van der Waals surface area contributed by atoms with E-state index in [4.69, 9.17) is 14.6 Å². The number of rotatable bonds is 6. The number of aliphatic imine (C=N–C) groups is 1. The summed E-state index contributed by atoms with van der Waals surface area (Å²) in [6, 6.07) is 13.7. The summed E-state index contributed by atoms with van der Waals surface area (Å²) < 4.78 is 67.3. The van der Waals surface area contributed by atoms with E-state index in [1.807, 2.05) is 29.2 Å². The number of carbonyl (C=O) groups is 1. The molecule has 0 aromatic heterocycles. The third-order valence-corrected chi connectivity index (χ3v) is 7.23. The van der Waals surface area contributed by atoms with Crippen LogP contribution in [0.4, 0.5) is 34.6 Å². The fourth-order valence-electron chi connectivity index (χ4n) is 5.24. The molecule has 5 rings (SSSR count). The van der Waals surface area contributed by atoms with Crippen molar-refractivity contribution in [2.24, 2.45) is 4.99 Å². The molecule has 2 aliphatic heterocycles. The van der Waals surface area contributed by atoms with Crippen LogP contribution < -0.4 is 19.3 Å². The van der Waals surface area contributed by atoms with E-state index in [1.54, 1.807) is 13.2 Å². The number of carboxylic acid groups (broad SMARTS) is 1. The molecule has 13 heteroatoms. The summed E-state index contributed by atoms with van der Waals surface area (Å²) in [5.74, 6) is -0.910. The van der Waals surface area contributed by atoms with Crippen LogP contribution in [0.3, 0.4) is 0 Å². The minimum absolute atomic E-state index is 0.0162. The van der Waals surface area contributed by atoms with E-state index < -0.39 is 36.0 Å². The molecule has 0 spiro atoms. The molecule has 3 aromatic rings. The molecule has 1 unspecified atom stereocenters. The van der Waals surface area contributed by atoms with Crippen LogP contribution in [0.25, 0.3) is 0 Å². The number of para-hydroxylation sites is 1. The predicted octanol–water partition coefficient (Wildman–Crippen LogP) is 5.32. The summed E-state index contributed by atoms with van der Waals surface area (Å²) >= 11 is 0. The fraction of sp³-hybridized carbons (Fsp3) is 0.333. The first-order chi connectivity index (χ1) is 20.6. The molecule has 2 aliphatic rings. The average Bonchev–Trinajstić information content (AvgIpc) is 3.01. The van der Waals surface area contributed by atoms with Gasteiger partial charge in [0.25, 0.3) is 0 Å². The second-order valence-corrected chi connectivity index (χ2v) is 9.63. The topological polar surface area (TPSA) is 98.1 Å². The Hall–Kier alpha value is -4.52. The zero-order valence-corrected chi connectivity index (χ0v) is 23.8. The van der Waals surface area contributed by atoms with Gasteiger partial charge in [0, 0.05) is 50.6 Å². The van der Waals surface area contributed by atoms with E-state index in [-0.39, 0.29) is 28.6 Å². The standard InChI is InChI=1S/C29H28F4N4O4.CH4O/c1-40-20-6-3-5-19(16-20)35-11-13-36(14-12-35)28-34-27-21(7-4-8-22(27)30)23(17-26(38)39)37(28)24-15-18(29(31,32)33)9-10-25(24)41-2;1-2/h3-10,15-16,23H,11-14,17H2,1-2H3,(H,38,39);2H,1H3. The molecular formula is C30H32F4N4O5. The van der Waals surface area contributed by atoms with Crippen LogP contribution in [0, 0.1) is 5.82 Å². The van der Waals surface area contributed by atoms with E-state index in [9.17, 15) is 23.1 Å². The molecule has 0 bridgehead atoms. The summed E-state index contributed by atoms with van der Waals surface area (Å²) in [6.07, 6.45) is -5.18. The van der Waals surface area contributed by atoms with Crippen molar-refractivity contribution in [2.75, 3.05) is 57.3 Å². The summed E-state index contributed by atoms with van der Waals surface area (Å²) in [7, 11) is 3.90. The Morgan fingerprint density at radius 3 is 2.26 bits per heavy atom. The van der Waals surface area contributed by atoms with Crippen molar-refractivity contribution in [2.45, 2.75) is 18.6 Å². The van der Waals surface area contributed by atoms with E-state index >= 15 is 4.39 Å². The van der Waals surface area contributed by atoms with Crippen LogP contribution in [0.2, 0.25) is 0 Å². The maximum Gasteiger partial charge on any atom is 0.416 e. The molecule has 9 nitrogen and oxygen atoms in total. The SMILES string of the molecule is CO.COc1cccc(N2CCN(C3=Nc4c(F)cccc4C(CC(=O)O)N3c3cc(C(F)(F)F)ccc3OC)CC2)c1. The number of fused-ring (bicyclic) bond motifs is 1. The normalized spacial score (nSPS) is 16.5. The first-order valence-corrected chi connectivity index (χ1v) is 13.3. The lowest BCUT2D eigenvalue weighted by molar-refractivity contribution is -0.138. The molecule has 0 amide bonds. The van der Waals surface area contributed by atoms with Crippen molar-refractivity contribution in [1.82, 2.24) is 4.90 Å². The Morgan fingerprint density at radius 1 is 0.953 bits per heavy atom. The number of halogens is 4. The Bertz CT molecular complexity index is 1480. The second-order valence-electron chi connectivity index (χ2n) is 9.63. The maximum absolute atomic E-state index is 15.1. The van der Waals surface area contributed by atoms with E-state index in [2.05, 4.69) is 9.89 Å². The Balaban J connectivity index is 0.00000207. The minimum Gasteiger partial charge on any atom is -0.497 e. The van der Waals surface area contributed by atoms with Crippen LogP contribution in [-0.2, 0) is 11.0 Å². The van der Waals surface area contributed by atoms with E-state index in [1.165, 1.54) is 30.2 Å². The first kappa shape index (κ1) is 31.4. The van der Waals surface area contributed by atoms with Gasteiger partial charge in [-0.1, -0.05) is 18.2 Å². The number of guanidine groups is 1. The number of nitrogens with zero attached hydrogens (tertiary/aromatic N) is 4. The predicted molar refractivity (Wildman–Crippen MR) is 154 cm³/mol. The van der Waals surface area contributed by atoms with Crippen molar-refractivity contribution < 1.29 is 42.0 Å². The lowest BCUT2D eigenvalue weighted by atomic mass is 9.96. The first-order valence-electron chi connectivity index (χ1n) is 13.3. The number of ether oxygens (including phenoxy) is 2. The van der Waals surface area contributed by atoms with Crippen molar-refractivity contribution in [3.8, 4) is 11.5 Å². The van der Waals surface area contributed by atoms with Gasteiger partial charge in [-0.25, -0.2) is 9.38 Å². The molecule has 1 atom stereocenters. The van der Waals surface area contributed by atoms with Crippen LogP contribution in [0.5, 0.6) is 11.5 Å². The zero-order chi connectivity index (χ0) is 31.3. The molecule has 1 fully saturated rings. The fourth-order valence-corrected chi connectivity index (χ4v) is 5.24. The Labute approximate surface area is 246 Å². The van der Waals surface area contributed by atoms with Crippen LogP contribution >= 0.6 is 0 Å². The number of anilines is 2. The monoisotopic (exact) mass is 604 g/mol. The molecule has 3 aromatic carbocycles. The quantitative estimate of drug-likeness (QED) is 0.365. The molecule has 0 radical (unpaired) electrons. The Kier molecular flexibility index (Phi) is 9.64. The largest absolute Gasteiger partial charge is 0.497 e. The van der Waals surface area contributed by atoms with Gasteiger partial charge in [0.15, 0.2) is 0 Å². The van der Waals surface area contributed by atoms with Crippen molar-refractivity contribution in [3.05, 3.63) is 77.6 Å². The van der Waals surface area contributed by atoms with Gasteiger partial charge in [0.05, 0.1) is 37.9 Å². The number of aliphatic hydroxyl groups excluding tert-OH is 1. The van der Waals surface area contributed by atoms with E-state index in [0.717, 1.165) is 24.9 Å². The lowest BCUT2D eigenvalue weighted by Gasteiger charge is -2.45. The number of carboxylic acids is 1. The summed E-state index contributed by atoms with van der Waals surface area (Å²) in [4.78, 5) is 22.0. The number of benzene rings is 3. The van der Waals surface area contributed by atoms with Gasteiger partial charge in [-0.2, -0.15) is 13.2 Å². The maximum atomic E-state index is 15.1. The van der Waals surface area contributed by atoms with Gasteiger partial charge in [-0.15, -0.1) is 0 Å². The molecule has 43 heavy (non-hydrogen) atoms. The molecule has 2 N–H and O–H groups in total. The van der Waals surface area contributed by atoms with Crippen LogP contribution in [-0.4, -0.2) is 74.6 Å². The Morgan fingerprint density at radius 2 is 1.63 bits per heavy atom. The number of methoxy groups -OCH3 is 2. The number of aliphatic carboxylic acids is 1. The number of hydrogen-bond acceptors (Lipinski definition) is 8. The van der Waals surface area contributed by atoms with Gasteiger partial charge >= 0.3 is 12.1 Å². The van der Waals surface area contributed by atoms with E-state index in [0.29, 0.717) is 31.9 Å². The molecule has 230 valence electrons. The van der Waals surface area contributed by atoms with Crippen molar-refractivity contribution in [3.63, 3.8) is 0 Å². The van der Waals surface area contributed by atoms with Crippen molar-refractivity contribution in [1.29, 1.82) is 0 Å². The lowest BCUT2D eigenvalue weighted by Crippen LogP contribution is -2.55. The summed E-state index contributed by atoms with van der Waals surface area (Å²) in [6.45, 7) is 1.82. The molecule has 0 aliphatic carbocycles. The van der Waals surface area contributed by atoms with Crippen molar-refractivity contribution >= 4 is 29.0 Å². The van der Waals surface area contributed by atoms with Gasteiger partial charge in [0.2, 0.25) is 5.96 Å². The van der Waals surface area contributed by atoms with Crippen LogP contribution in [0.15, 0.2) is 65.7 Å². The molecule has 1 saturated heterocycles. The highest BCUT2D eigenvalue weighted by molar-refractivity contribution is 6.02. The van der Waals surface area contributed by atoms with Gasteiger partial charge in [0.1, 0.15) is 23.0 Å². The van der Waals surface area contributed by atoms with Gasteiger partial charge in [-0.3, -0.25) is 4.79 Å². The number of hydrogen-bond donors (Lipinski definition) is 2. The third-order valence-electron chi connectivity index (χ3n) is 7.23. The summed E-state index contributed by atoms with van der Waals surface area (Å²) in [5.41, 5.74) is 0.204. The molecule has 0 saturated carbocycles. The highest BCUT2D eigenvalue weighted by atomic mass is 19.4. The second kappa shape index (κ2) is 13.2. The summed E-state index contributed by atoms with van der Waals surface area (Å²) in [5, 5.41) is 16.8. The van der Waals surface area contributed by atoms with Crippen LogP contribution in [0.1, 0.15) is 23.6 Å². The number of alkyl halides is 3. The number of aliphatic hydroxyl groups is 1. The average molecular weight is 605 g/mol. The zero-order valence-electron chi connectivity index (χ0n) is 23.8. The van der Waals surface area contributed by atoms with Gasteiger partial charge in [-0.05, 0) is 36.4 Å². The smallest absolute Gasteiger partial charge is 0.416 e. The highest BCUT2D eigenvalue weighted by Gasteiger charge is 2.40.